The van der Waals surface area contributed by atoms with E-state index in [4.69, 9.17) is 55.9 Å². The molecule has 0 saturated heterocycles. The summed E-state index contributed by atoms with van der Waals surface area (Å²) < 4.78 is 102. The number of aryl methyl sites for hydroxylation is 2. The molecule has 372 valence electrons. The Morgan fingerprint density at radius 2 is 0.529 bits per heavy atom. The number of benzene rings is 6. The van der Waals surface area contributed by atoms with E-state index in [1.165, 1.54) is 109 Å². The second-order valence-electron chi connectivity index (χ2n) is 15.9. The smallest absolute Gasteiger partial charge is 0.222 e. The zero-order valence-electron chi connectivity index (χ0n) is 37.9. The third kappa shape index (κ3) is 20.7. The Labute approximate surface area is 431 Å². The van der Waals surface area contributed by atoms with Gasteiger partial charge in [0, 0.05) is 0 Å². The van der Waals surface area contributed by atoms with Gasteiger partial charge in [-0.15, -0.1) is 30.7 Å². The van der Waals surface area contributed by atoms with Crippen LogP contribution >= 0.6 is 15.8 Å². The first kappa shape index (κ1) is 59.2. The van der Waals surface area contributed by atoms with Crippen LogP contribution in [0.5, 0.6) is 0 Å². The fraction of sp³-hybridized carbons (Fsp3) is 0.231. The van der Waals surface area contributed by atoms with Crippen molar-refractivity contribution in [2.75, 3.05) is 0 Å². The van der Waals surface area contributed by atoms with Gasteiger partial charge < -0.3 is 0 Å². The van der Waals surface area contributed by atoms with E-state index in [-0.39, 0.29) is 19.5 Å². The van der Waals surface area contributed by atoms with E-state index in [2.05, 4.69) is 170 Å². The van der Waals surface area contributed by atoms with Crippen LogP contribution in [0, 0.1) is 30.7 Å². The Bertz CT molecular complexity index is 2230. The standard InChI is InChI=1S/C44H40P2.C8H12.3ClHO4.Rh/c1-5-19-35(20-6-1)45(36-21-7-2-8-22-36)41-31-29-33-17-13-15-27-39(33)43(41)44-40-28-16-14-18-34(40)30-32-42(44)46(37-23-9-3-10-24-37)38-25-11-4-12-26-38;1-2-4-6-8-7-5-3-1;3*2-1(3,4)5;/h1-12,19-26,29-32H,13-18,27-28H2;1-2,7-8H,3-6H2;3*(H,2,3,4,5);/q;;;;;+3/p-3/b;2-1-,8-7-;;;;. The Morgan fingerprint density at radius 1 is 0.300 bits per heavy atom. The van der Waals surface area contributed by atoms with E-state index in [0.717, 1.165) is 0 Å². The van der Waals surface area contributed by atoms with Crippen LogP contribution in [0.1, 0.15) is 73.6 Å². The van der Waals surface area contributed by atoms with Crippen LogP contribution in [0.3, 0.4) is 0 Å². The summed E-state index contributed by atoms with van der Waals surface area (Å²) in [6.45, 7) is 0. The van der Waals surface area contributed by atoms with Gasteiger partial charge in [-0.1, -0.05) is 170 Å². The Balaban J connectivity index is 0.000000368. The zero-order valence-corrected chi connectivity index (χ0v) is 43.6. The van der Waals surface area contributed by atoms with Crippen molar-refractivity contribution in [1.82, 2.24) is 0 Å². The number of hydrogen-bond donors (Lipinski definition) is 0. The number of rotatable bonds is 7. The van der Waals surface area contributed by atoms with Crippen molar-refractivity contribution in [3.8, 4) is 11.1 Å². The van der Waals surface area contributed by atoms with Gasteiger partial charge in [0.25, 0.3) is 0 Å². The molecule has 6 aromatic carbocycles. The summed E-state index contributed by atoms with van der Waals surface area (Å²) in [7, 11) is -16.3. The van der Waals surface area contributed by atoms with Crippen molar-refractivity contribution < 1.29 is 106 Å². The summed E-state index contributed by atoms with van der Waals surface area (Å²) in [5.41, 5.74) is 9.54. The topological polar surface area (TPSA) is 277 Å². The Hall–Kier alpha value is -3.33. The second-order valence-corrected chi connectivity index (χ2v) is 22.5. The maximum Gasteiger partial charge on any atom is 3.00 e. The number of hydrogen-bond acceptors (Lipinski definition) is 12. The summed E-state index contributed by atoms with van der Waals surface area (Å²) in [6, 6.07) is 55.5. The number of fused-ring (bicyclic) bond motifs is 2. The molecule has 0 aliphatic heterocycles. The molecule has 3 aliphatic carbocycles. The number of halogens is 3. The zero-order chi connectivity index (χ0) is 49.9. The van der Waals surface area contributed by atoms with E-state index in [0.29, 0.717) is 0 Å². The molecule has 0 aromatic heterocycles. The van der Waals surface area contributed by atoms with E-state index in [1.807, 2.05) is 0 Å². The number of allylic oxidation sites excluding steroid dienone is 4. The van der Waals surface area contributed by atoms with Crippen molar-refractivity contribution >= 4 is 47.7 Å². The maximum atomic E-state index is 8.49. The molecule has 0 fully saturated rings. The molecule has 12 nitrogen and oxygen atoms in total. The van der Waals surface area contributed by atoms with E-state index < -0.39 is 46.6 Å². The average molecular weight is 1140 g/mol. The molecular weight excluding hydrogens is 1090 g/mol. The summed E-state index contributed by atoms with van der Waals surface area (Å²) in [5.74, 6) is 0. The predicted octanol–water partition coefficient (Wildman–Crippen LogP) is -2.97. The summed E-state index contributed by atoms with van der Waals surface area (Å²) in [5, 5.41) is 8.79. The normalized spacial score (nSPS) is 15.1. The summed E-state index contributed by atoms with van der Waals surface area (Å²) in [6.07, 6.45) is 23.8. The van der Waals surface area contributed by atoms with Crippen LogP contribution in [0.4, 0.5) is 0 Å². The molecule has 0 unspecified atom stereocenters. The molecule has 0 N–H and O–H groups in total. The monoisotopic (exact) mass is 1140 g/mol. The minimum absolute atomic E-state index is 0. The van der Waals surface area contributed by atoms with Crippen LogP contribution in [-0.2, 0) is 45.2 Å². The van der Waals surface area contributed by atoms with Crippen molar-refractivity contribution in [3.63, 3.8) is 0 Å². The van der Waals surface area contributed by atoms with Crippen molar-refractivity contribution in [2.24, 2.45) is 0 Å². The Morgan fingerprint density at radius 3 is 0.771 bits per heavy atom. The molecule has 70 heavy (non-hydrogen) atoms. The van der Waals surface area contributed by atoms with Crippen molar-refractivity contribution in [3.05, 3.63) is 192 Å². The molecular formula is C52H52Cl3O12P2Rh. The first-order valence-corrected chi connectivity index (χ1v) is 28.5. The fourth-order valence-electron chi connectivity index (χ4n) is 8.58. The SMILES string of the molecule is C1=C\CC/C=C\CC/1.[O-][Cl+3]([O-])([O-])[O-].[O-][Cl+3]([O-])([O-])[O-].[O-][Cl+3]([O-])([O-])[O-].[Rh+3].c1ccc(P(c2ccccc2)c2ccc3c(c2-c2c(P(c4ccccc4)c4ccccc4)ccc4c2CCCC4)CCCC3)cc1. The van der Waals surface area contributed by atoms with Crippen molar-refractivity contribution in [2.45, 2.75) is 77.0 Å². The van der Waals surface area contributed by atoms with Gasteiger partial charge in [0.05, 0.1) is 0 Å². The maximum absolute atomic E-state index is 8.49. The molecule has 0 bridgehead atoms. The Kier molecular flexibility index (Phi) is 24.9. The first-order chi connectivity index (χ1) is 32.9. The van der Waals surface area contributed by atoms with Gasteiger partial charge in [0.2, 0.25) is 0 Å². The van der Waals surface area contributed by atoms with Gasteiger partial charge in [0.1, 0.15) is 0 Å². The second kappa shape index (κ2) is 29.4. The van der Waals surface area contributed by atoms with Gasteiger partial charge in [-0.3, -0.25) is 0 Å². The van der Waals surface area contributed by atoms with Gasteiger partial charge >= 0.3 is 19.5 Å². The minimum atomic E-state index is -4.94. The predicted molar refractivity (Wildman–Crippen MR) is 239 cm³/mol. The van der Waals surface area contributed by atoms with Crippen LogP contribution in [-0.4, -0.2) is 0 Å². The minimum Gasteiger partial charge on any atom is -0.222 e. The summed E-state index contributed by atoms with van der Waals surface area (Å²) >= 11 is 0. The van der Waals surface area contributed by atoms with E-state index >= 15 is 0 Å². The van der Waals surface area contributed by atoms with Gasteiger partial charge in [0.15, 0.2) is 0 Å². The molecule has 6 aromatic rings. The third-order valence-electron chi connectivity index (χ3n) is 11.1. The van der Waals surface area contributed by atoms with Crippen molar-refractivity contribution in [1.29, 1.82) is 0 Å². The molecule has 0 saturated carbocycles. The molecule has 3 aliphatic rings. The largest absolute Gasteiger partial charge is 3.00 e. The van der Waals surface area contributed by atoms with E-state index in [9.17, 15) is 0 Å². The van der Waals surface area contributed by atoms with Crippen LogP contribution in [0.15, 0.2) is 170 Å². The molecule has 0 heterocycles. The molecule has 18 heteroatoms. The van der Waals surface area contributed by atoms with Gasteiger partial charge in [-0.2, -0.15) is 0 Å². The van der Waals surface area contributed by atoms with Gasteiger partial charge in [-0.05, 0) is 158 Å². The first-order valence-electron chi connectivity index (χ1n) is 22.1. The third-order valence-corrected chi connectivity index (χ3v) is 16.1. The van der Waals surface area contributed by atoms with Crippen LogP contribution < -0.4 is 87.7 Å². The summed E-state index contributed by atoms with van der Waals surface area (Å²) in [4.78, 5) is 0. The fourth-order valence-corrected chi connectivity index (χ4v) is 13.6. The average Bonchev–Trinajstić information content (AvgIpc) is 3.29. The van der Waals surface area contributed by atoms with Gasteiger partial charge in [-0.25, -0.2) is 55.9 Å². The quantitative estimate of drug-likeness (QED) is 0.0881. The molecule has 9 rings (SSSR count). The molecule has 0 atom stereocenters. The van der Waals surface area contributed by atoms with Crippen LogP contribution in [0.25, 0.3) is 11.1 Å². The molecule has 0 spiro atoms. The van der Waals surface area contributed by atoms with E-state index in [1.54, 1.807) is 33.4 Å². The molecule has 0 radical (unpaired) electrons. The molecule has 0 amide bonds. The van der Waals surface area contributed by atoms with Crippen LogP contribution in [0.2, 0.25) is 0 Å².